The fourth-order valence-corrected chi connectivity index (χ4v) is 1.00. The number of carbonyl (C=O) groups excluding carboxylic acids is 1. The topological polar surface area (TPSA) is 74.4 Å². The summed E-state index contributed by atoms with van der Waals surface area (Å²) < 4.78 is 44.7. The summed E-state index contributed by atoms with van der Waals surface area (Å²) in [6.45, 7) is -1.47. The molecule has 2 N–H and O–H groups in total. The minimum atomic E-state index is -4.46. The van der Waals surface area contributed by atoms with Crippen LogP contribution in [0.2, 0.25) is 0 Å². The molecule has 1 rings (SSSR count). The molecule has 0 aliphatic carbocycles. The van der Waals surface area contributed by atoms with Gasteiger partial charge in [0.05, 0.1) is 7.11 Å². The van der Waals surface area contributed by atoms with Crippen molar-refractivity contribution in [3.63, 3.8) is 0 Å². The van der Waals surface area contributed by atoms with Gasteiger partial charge in [-0.05, 0) is 6.07 Å². The van der Waals surface area contributed by atoms with Crippen LogP contribution in [0.5, 0.6) is 11.8 Å². The van der Waals surface area contributed by atoms with E-state index in [1.54, 1.807) is 0 Å². The Kier molecular flexibility index (Phi) is 3.77. The van der Waals surface area contributed by atoms with Gasteiger partial charge in [0, 0.05) is 6.07 Å². The van der Waals surface area contributed by atoms with Gasteiger partial charge < -0.3 is 15.2 Å². The molecule has 0 saturated carbocycles. The number of carbonyl (C=O) groups is 1. The third kappa shape index (κ3) is 3.82. The molecule has 17 heavy (non-hydrogen) atoms. The van der Waals surface area contributed by atoms with Crippen LogP contribution in [0.15, 0.2) is 12.1 Å². The number of aromatic nitrogens is 1. The van der Waals surface area contributed by atoms with Crippen LogP contribution in [0.4, 0.5) is 13.2 Å². The van der Waals surface area contributed by atoms with Crippen LogP contribution in [-0.2, 0) is 0 Å². The predicted octanol–water partition coefficient (Wildman–Crippen LogP) is 1.13. The molecule has 0 spiro atoms. The van der Waals surface area contributed by atoms with Crippen LogP contribution in [0.1, 0.15) is 10.4 Å². The number of pyridine rings is 1. The van der Waals surface area contributed by atoms with Crippen molar-refractivity contribution < 1.29 is 27.4 Å². The lowest BCUT2D eigenvalue weighted by Crippen LogP contribution is -2.20. The van der Waals surface area contributed by atoms with Crippen molar-refractivity contribution in [2.24, 2.45) is 5.73 Å². The van der Waals surface area contributed by atoms with Gasteiger partial charge in [-0.1, -0.05) is 0 Å². The van der Waals surface area contributed by atoms with Crippen molar-refractivity contribution in [1.29, 1.82) is 0 Å². The summed E-state index contributed by atoms with van der Waals surface area (Å²) in [5.74, 6) is -1.28. The van der Waals surface area contributed by atoms with E-state index < -0.39 is 18.7 Å². The average molecular weight is 250 g/mol. The van der Waals surface area contributed by atoms with Gasteiger partial charge in [-0.25, -0.2) is 0 Å². The highest BCUT2D eigenvalue weighted by molar-refractivity contribution is 5.95. The number of nitrogens with zero attached hydrogens (tertiary/aromatic N) is 1. The van der Waals surface area contributed by atoms with E-state index in [1.807, 2.05) is 0 Å². The Bertz CT molecular complexity index is 420. The first-order valence-corrected chi connectivity index (χ1v) is 4.38. The summed E-state index contributed by atoms with van der Waals surface area (Å²) in [5, 5.41) is 0. The van der Waals surface area contributed by atoms with Crippen molar-refractivity contribution in [3.8, 4) is 11.8 Å². The molecule has 0 radical (unpaired) electrons. The quantitative estimate of drug-likeness (QED) is 0.869. The Morgan fingerprint density at radius 1 is 1.47 bits per heavy atom. The summed E-state index contributed by atoms with van der Waals surface area (Å²) in [6.07, 6.45) is -4.46. The highest BCUT2D eigenvalue weighted by Crippen LogP contribution is 2.21. The molecule has 1 heterocycles. The number of alkyl halides is 3. The van der Waals surface area contributed by atoms with Crippen molar-refractivity contribution >= 4 is 5.91 Å². The van der Waals surface area contributed by atoms with Crippen LogP contribution < -0.4 is 15.2 Å². The van der Waals surface area contributed by atoms with Crippen LogP contribution in [0.25, 0.3) is 0 Å². The molecule has 1 amide bonds. The first kappa shape index (κ1) is 13.1. The minimum Gasteiger partial charge on any atom is -0.480 e. The number of primary amides is 1. The zero-order valence-electron chi connectivity index (χ0n) is 8.75. The zero-order chi connectivity index (χ0) is 13.1. The van der Waals surface area contributed by atoms with E-state index in [4.69, 9.17) is 10.5 Å². The van der Waals surface area contributed by atoms with Crippen molar-refractivity contribution in [2.75, 3.05) is 13.7 Å². The fourth-order valence-electron chi connectivity index (χ4n) is 1.00. The summed E-state index contributed by atoms with van der Waals surface area (Å²) in [6, 6.07) is 2.29. The number of amides is 1. The maximum Gasteiger partial charge on any atom is 0.422 e. The molecule has 1 aromatic heterocycles. The van der Waals surface area contributed by atoms with E-state index in [0.29, 0.717) is 0 Å². The van der Waals surface area contributed by atoms with Gasteiger partial charge in [0.25, 0.3) is 5.91 Å². The summed E-state index contributed by atoms with van der Waals surface area (Å²) in [4.78, 5) is 14.5. The zero-order valence-corrected chi connectivity index (χ0v) is 8.75. The summed E-state index contributed by atoms with van der Waals surface area (Å²) >= 11 is 0. The Balaban J connectivity index is 2.87. The molecular formula is C9H9F3N2O3. The molecular weight excluding hydrogens is 241 g/mol. The second kappa shape index (κ2) is 4.89. The first-order chi connectivity index (χ1) is 7.83. The average Bonchev–Trinajstić information content (AvgIpc) is 2.24. The molecule has 0 aliphatic rings. The van der Waals surface area contributed by atoms with Gasteiger partial charge in [0.15, 0.2) is 6.61 Å². The Labute approximate surface area is 94.3 Å². The summed E-state index contributed by atoms with van der Waals surface area (Å²) in [5.41, 5.74) is 4.97. The van der Waals surface area contributed by atoms with E-state index in [9.17, 15) is 18.0 Å². The third-order valence-corrected chi connectivity index (χ3v) is 1.68. The first-order valence-electron chi connectivity index (χ1n) is 4.38. The Hall–Kier alpha value is -1.99. The van der Waals surface area contributed by atoms with Crippen LogP contribution >= 0.6 is 0 Å². The standard InChI is InChI=1S/C9H9F3N2O3/c1-16-8-5(7(13)15)2-3-6(14-8)17-4-9(10,11)12/h2-3H,4H2,1H3,(H2,13,15). The second-order valence-electron chi connectivity index (χ2n) is 2.97. The van der Waals surface area contributed by atoms with Gasteiger partial charge in [-0.15, -0.1) is 0 Å². The highest BCUT2D eigenvalue weighted by atomic mass is 19.4. The molecule has 5 nitrogen and oxygen atoms in total. The minimum absolute atomic E-state index is 0.0353. The number of ether oxygens (including phenoxy) is 2. The Morgan fingerprint density at radius 2 is 2.12 bits per heavy atom. The van der Waals surface area contributed by atoms with Crippen molar-refractivity contribution in [2.45, 2.75) is 6.18 Å². The lowest BCUT2D eigenvalue weighted by molar-refractivity contribution is -0.154. The maximum absolute atomic E-state index is 11.9. The van der Waals surface area contributed by atoms with E-state index in [0.717, 1.165) is 6.07 Å². The fraction of sp³-hybridized carbons (Fsp3) is 0.333. The lowest BCUT2D eigenvalue weighted by Gasteiger charge is -2.10. The van der Waals surface area contributed by atoms with Gasteiger partial charge in [0.1, 0.15) is 5.56 Å². The monoisotopic (exact) mass is 250 g/mol. The van der Waals surface area contributed by atoms with Gasteiger partial charge >= 0.3 is 6.18 Å². The Morgan fingerprint density at radius 3 is 2.59 bits per heavy atom. The molecule has 0 aliphatic heterocycles. The molecule has 1 aromatic rings. The molecule has 0 atom stereocenters. The number of hydrogen-bond acceptors (Lipinski definition) is 4. The van der Waals surface area contributed by atoms with Gasteiger partial charge in [-0.3, -0.25) is 4.79 Å². The third-order valence-electron chi connectivity index (χ3n) is 1.68. The van der Waals surface area contributed by atoms with E-state index in [1.165, 1.54) is 13.2 Å². The van der Waals surface area contributed by atoms with Crippen LogP contribution in [0, 0.1) is 0 Å². The summed E-state index contributed by atoms with van der Waals surface area (Å²) in [7, 11) is 1.21. The molecule has 8 heteroatoms. The lowest BCUT2D eigenvalue weighted by atomic mass is 10.2. The molecule has 0 unspecified atom stereocenters. The molecule has 0 fully saturated rings. The van der Waals surface area contributed by atoms with E-state index in [-0.39, 0.29) is 17.3 Å². The number of nitrogens with two attached hydrogens (primary N) is 1. The van der Waals surface area contributed by atoms with Gasteiger partial charge in [0.2, 0.25) is 11.8 Å². The molecule has 0 aromatic carbocycles. The molecule has 0 saturated heterocycles. The van der Waals surface area contributed by atoms with E-state index in [2.05, 4.69) is 9.72 Å². The SMILES string of the molecule is COc1nc(OCC(F)(F)F)ccc1C(N)=O. The molecule has 94 valence electrons. The number of rotatable bonds is 4. The number of methoxy groups -OCH3 is 1. The largest absolute Gasteiger partial charge is 0.480 e. The second-order valence-corrected chi connectivity index (χ2v) is 2.97. The van der Waals surface area contributed by atoms with E-state index >= 15 is 0 Å². The van der Waals surface area contributed by atoms with Crippen molar-refractivity contribution in [3.05, 3.63) is 17.7 Å². The highest BCUT2D eigenvalue weighted by Gasteiger charge is 2.28. The smallest absolute Gasteiger partial charge is 0.422 e. The van der Waals surface area contributed by atoms with Crippen LogP contribution in [-0.4, -0.2) is 30.8 Å². The predicted molar refractivity (Wildman–Crippen MR) is 50.9 cm³/mol. The van der Waals surface area contributed by atoms with Crippen molar-refractivity contribution in [1.82, 2.24) is 4.98 Å². The van der Waals surface area contributed by atoms with Gasteiger partial charge in [-0.2, -0.15) is 18.2 Å². The number of hydrogen-bond donors (Lipinski definition) is 1. The number of halogens is 3. The molecule has 0 bridgehead atoms. The maximum atomic E-state index is 11.9. The normalized spacial score (nSPS) is 11.1. The van der Waals surface area contributed by atoms with Crippen LogP contribution in [0.3, 0.4) is 0 Å².